The Hall–Kier alpha value is -1.36. The fourth-order valence-electron chi connectivity index (χ4n) is 1.23. The number of sulfone groups is 1. The quantitative estimate of drug-likeness (QED) is 0.494. The molecule has 1 aromatic rings. The van der Waals surface area contributed by atoms with Gasteiger partial charge in [0.1, 0.15) is 5.71 Å². The zero-order valence-corrected chi connectivity index (χ0v) is 10.2. The first kappa shape index (κ1) is 12.7. The Kier molecular flexibility index (Phi) is 4.06. The number of oxime groups is 1. The molecule has 1 N–H and O–H groups in total. The van der Waals surface area contributed by atoms with Crippen LogP contribution < -0.4 is 0 Å². The maximum Gasteiger partial charge on any atom is 0.155 e. The zero-order chi connectivity index (χ0) is 12.2. The summed E-state index contributed by atoms with van der Waals surface area (Å²) < 4.78 is 22.8. The summed E-state index contributed by atoms with van der Waals surface area (Å²) in [6.07, 6.45) is 0. The first-order chi connectivity index (χ1) is 7.48. The van der Waals surface area contributed by atoms with Crippen LogP contribution in [0, 0.1) is 6.92 Å². The molecule has 0 aliphatic heterocycles. The largest absolute Gasteiger partial charge is 0.411 e. The lowest BCUT2D eigenvalue weighted by molar-refractivity contribution is 0.319. The van der Waals surface area contributed by atoms with Gasteiger partial charge in [0.05, 0.1) is 5.75 Å². The van der Waals surface area contributed by atoms with E-state index in [9.17, 15) is 8.42 Å². The normalized spacial score (nSPS) is 12.8. The second kappa shape index (κ2) is 5.12. The van der Waals surface area contributed by atoms with E-state index in [1.807, 2.05) is 19.1 Å². The lowest BCUT2D eigenvalue weighted by atomic mass is 10.1. The van der Waals surface area contributed by atoms with Crippen LogP contribution in [0.25, 0.3) is 0 Å². The summed E-state index contributed by atoms with van der Waals surface area (Å²) >= 11 is 0. The highest BCUT2D eigenvalue weighted by atomic mass is 32.2. The average molecular weight is 241 g/mol. The van der Waals surface area contributed by atoms with E-state index in [0.29, 0.717) is 5.56 Å². The Balaban J connectivity index is 2.97. The predicted molar refractivity (Wildman–Crippen MR) is 63.8 cm³/mol. The molecule has 16 heavy (non-hydrogen) atoms. The van der Waals surface area contributed by atoms with Crippen molar-refractivity contribution in [3.05, 3.63) is 35.4 Å². The Morgan fingerprint density at radius 1 is 1.31 bits per heavy atom. The van der Waals surface area contributed by atoms with Gasteiger partial charge in [-0.2, -0.15) is 0 Å². The van der Waals surface area contributed by atoms with Crippen molar-refractivity contribution in [3.63, 3.8) is 0 Å². The van der Waals surface area contributed by atoms with E-state index < -0.39 is 9.84 Å². The van der Waals surface area contributed by atoms with E-state index in [1.54, 1.807) is 19.1 Å². The summed E-state index contributed by atoms with van der Waals surface area (Å²) in [5.74, 6) is -0.194. The van der Waals surface area contributed by atoms with Crippen LogP contribution >= 0.6 is 0 Å². The molecule has 0 fully saturated rings. The van der Waals surface area contributed by atoms with Crippen LogP contribution in [0.15, 0.2) is 29.4 Å². The summed E-state index contributed by atoms with van der Waals surface area (Å²) in [5, 5.41) is 11.9. The van der Waals surface area contributed by atoms with Crippen molar-refractivity contribution in [2.24, 2.45) is 5.16 Å². The van der Waals surface area contributed by atoms with Gasteiger partial charge in [0.25, 0.3) is 0 Å². The minimum Gasteiger partial charge on any atom is -0.411 e. The summed E-state index contributed by atoms with van der Waals surface area (Å²) in [7, 11) is -3.18. The highest BCUT2D eigenvalue weighted by Gasteiger charge is 2.14. The number of hydrogen-bond acceptors (Lipinski definition) is 4. The second-order valence-corrected chi connectivity index (χ2v) is 5.94. The molecular formula is C11H15NO3S. The third-order valence-electron chi connectivity index (χ3n) is 2.30. The summed E-state index contributed by atoms with van der Waals surface area (Å²) in [6, 6.07) is 7.18. The minimum absolute atomic E-state index is 0.0396. The maximum absolute atomic E-state index is 11.4. The van der Waals surface area contributed by atoms with E-state index in [-0.39, 0.29) is 17.2 Å². The van der Waals surface area contributed by atoms with Crippen LogP contribution in [-0.2, 0) is 9.84 Å². The fourth-order valence-corrected chi connectivity index (χ4v) is 2.07. The van der Waals surface area contributed by atoms with Crippen LogP contribution in [-0.4, -0.2) is 30.8 Å². The van der Waals surface area contributed by atoms with Gasteiger partial charge in [-0.1, -0.05) is 41.9 Å². The molecule has 0 amide bonds. The van der Waals surface area contributed by atoms with Crippen molar-refractivity contribution < 1.29 is 13.6 Å². The van der Waals surface area contributed by atoms with Gasteiger partial charge in [0, 0.05) is 11.3 Å². The van der Waals surface area contributed by atoms with Crippen molar-refractivity contribution in [2.75, 3.05) is 11.5 Å². The van der Waals surface area contributed by atoms with Gasteiger partial charge < -0.3 is 5.21 Å². The lowest BCUT2D eigenvalue weighted by Gasteiger charge is -2.05. The topological polar surface area (TPSA) is 66.7 Å². The van der Waals surface area contributed by atoms with E-state index in [1.165, 1.54) is 0 Å². The molecule has 0 radical (unpaired) electrons. The van der Waals surface area contributed by atoms with Crippen LogP contribution in [0.3, 0.4) is 0 Å². The third-order valence-corrected chi connectivity index (χ3v) is 3.89. The van der Waals surface area contributed by atoms with Crippen LogP contribution in [0.4, 0.5) is 0 Å². The number of rotatable bonds is 4. The molecule has 0 heterocycles. The molecule has 0 saturated carbocycles. The molecule has 1 aromatic carbocycles. The minimum atomic E-state index is -3.18. The van der Waals surface area contributed by atoms with Crippen molar-refractivity contribution in [1.82, 2.24) is 0 Å². The highest BCUT2D eigenvalue weighted by molar-refractivity contribution is 7.92. The van der Waals surface area contributed by atoms with Crippen molar-refractivity contribution >= 4 is 15.5 Å². The summed E-state index contributed by atoms with van der Waals surface area (Å²) in [4.78, 5) is 0. The van der Waals surface area contributed by atoms with E-state index >= 15 is 0 Å². The van der Waals surface area contributed by atoms with Gasteiger partial charge in [0.15, 0.2) is 9.84 Å². The maximum atomic E-state index is 11.4. The van der Waals surface area contributed by atoms with Gasteiger partial charge in [-0.15, -0.1) is 0 Å². The smallest absolute Gasteiger partial charge is 0.155 e. The number of hydrogen-bond donors (Lipinski definition) is 1. The monoisotopic (exact) mass is 241 g/mol. The first-order valence-electron chi connectivity index (χ1n) is 4.97. The molecule has 0 bridgehead atoms. The Labute approximate surface area is 95.5 Å². The average Bonchev–Trinajstić information content (AvgIpc) is 2.27. The van der Waals surface area contributed by atoms with E-state index in [2.05, 4.69) is 5.16 Å². The molecule has 0 aliphatic rings. The molecule has 1 rings (SSSR count). The van der Waals surface area contributed by atoms with Gasteiger partial charge in [-0.05, 0) is 6.92 Å². The third kappa shape index (κ3) is 3.34. The van der Waals surface area contributed by atoms with Crippen LogP contribution in [0.1, 0.15) is 18.1 Å². The molecule has 4 nitrogen and oxygen atoms in total. The Bertz CT molecular complexity index is 474. The fraction of sp³-hybridized carbons (Fsp3) is 0.364. The predicted octanol–water partition coefficient (Wildman–Crippen LogP) is 1.61. The van der Waals surface area contributed by atoms with Gasteiger partial charge >= 0.3 is 0 Å². The van der Waals surface area contributed by atoms with Crippen LogP contribution in [0.2, 0.25) is 0 Å². The van der Waals surface area contributed by atoms with Crippen molar-refractivity contribution in [3.8, 4) is 0 Å². The van der Waals surface area contributed by atoms with Gasteiger partial charge in [-0.3, -0.25) is 0 Å². The number of benzene rings is 1. The highest BCUT2D eigenvalue weighted by Crippen LogP contribution is 2.07. The SMILES string of the molecule is CCS(=O)(=O)C/C(=N\O)c1ccc(C)cc1. The van der Waals surface area contributed by atoms with E-state index in [4.69, 9.17) is 5.21 Å². The number of aryl methyl sites for hydroxylation is 1. The lowest BCUT2D eigenvalue weighted by Crippen LogP contribution is -2.18. The standard InChI is InChI=1S/C11H15NO3S/c1-3-16(14,15)8-11(12-13)10-6-4-9(2)5-7-10/h4-7,13H,3,8H2,1-2H3/b12-11+. The summed E-state index contributed by atoms with van der Waals surface area (Å²) in [6.45, 7) is 3.50. The molecule has 0 aromatic heterocycles. The molecule has 88 valence electrons. The molecule has 0 atom stereocenters. The summed E-state index contributed by atoms with van der Waals surface area (Å²) in [5.41, 5.74) is 1.88. The molecule has 0 aliphatic carbocycles. The van der Waals surface area contributed by atoms with Gasteiger partial charge in [-0.25, -0.2) is 8.42 Å². The molecule has 0 spiro atoms. The second-order valence-electron chi connectivity index (χ2n) is 3.59. The van der Waals surface area contributed by atoms with Crippen molar-refractivity contribution in [2.45, 2.75) is 13.8 Å². The molecule has 5 heteroatoms. The molecular weight excluding hydrogens is 226 g/mol. The Morgan fingerprint density at radius 3 is 2.31 bits per heavy atom. The molecule has 0 unspecified atom stereocenters. The molecule has 0 saturated heterocycles. The zero-order valence-electron chi connectivity index (χ0n) is 9.34. The van der Waals surface area contributed by atoms with Crippen LogP contribution in [0.5, 0.6) is 0 Å². The van der Waals surface area contributed by atoms with E-state index in [0.717, 1.165) is 5.56 Å². The van der Waals surface area contributed by atoms with Gasteiger partial charge in [0.2, 0.25) is 0 Å². The van der Waals surface area contributed by atoms with Crippen molar-refractivity contribution in [1.29, 1.82) is 0 Å². The Morgan fingerprint density at radius 2 is 1.88 bits per heavy atom. The first-order valence-corrected chi connectivity index (χ1v) is 6.79. The number of nitrogens with zero attached hydrogens (tertiary/aromatic N) is 1.